The molecule has 170 valence electrons. The number of amides is 1. The van der Waals surface area contributed by atoms with Crippen LogP contribution < -0.4 is 19.5 Å². The fraction of sp³-hybridized carbons (Fsp3) is 0.333. The number of ketones is 1. The average molecular weight is 454 g/mol. The number of anilines is 1. The first-order valence-corrected chi connectivity index (χ1v) is 9.68. The highest BCUT2D eigenvalue weighted by molar-refractivity contribution is 5.97. The minimum atomic E-state index is -4.76. The summed E-state index contributed by atoms with van der Waals surface area (Å²) in [4.78, 5) is 25.6. The zero-order chi connectivity index (χ0) is 22.9. The number of halogens is 4. The number of ether oxygens (including phenoxy) is 3. The molecule has 32 heavy (non-hydrogen) atoms. The summed E-state index contributed by atoms with van der Waals surface area (Å²) < 4.78 is 65.6. The van der Waals surface area contributed by atoms with E-state index in [9.17, 15) is 27.2 Å². The molecule has 1 amide bonds. The van der Waals surface area contributed by atoms with Crippen LogP contribution in [0.25, 0.3) is 0 Å². The van der Waals surface area contributed by atoms with Crippen LogP contribution in [0.5, 0.6) is 17.2 Å². The first-order valence-electron chi connectivity index (χ1n) is 9.68. The predicted octanol–water partition coefficient (Wildman–Crippen LogP) is 3.25. The van der Waals surface area contributed by atoms with E-state index in [0.717, 1.165) is 18.2 Å². The Labute approximate surface area is 179 Å². The van der Waals surface area contributed by atoms with Gasteiger partial charge in [-0.15, -0.1) is 13.2 Å². The molecule has 2 aromatic carbocycles. The Bertz CT molecular complexity index is 1020. The fourth-order valence-electron chi connectivity index (χ4n) is 3.34. The molecule has 11 heteroatoms. The van der Waals surface area contributed by atoms with Gasteiger partial charge in [0.15, 0.2) is 5.78 Å². The van der Waals surface area contributed by atoms with Crippen molar-refractivity contribution in [3.8, 4) is 17.2 Å². The first kappa shape index (κ1) is 21.7. The second-order valence-corrected chi connectivity index (χ2v) is 7.42. The number of fused-ring (bicyclic) bond motifs is 1. The van der Waals surface area contributed by atoms with Crippen LogP contribution >= 0.6 is 0 Å². The molecule has 4 rings (SSSR count). The molecule has 0 aliphatic carbocycles. The van der Waals surface area contributed by atoms with E-state index < -0.39 is 18.1 Å². The molecule has 7 nitrogen and oxygen atoms in total. The molecule has 1 fully saturated rings. The Morgan fingerprint density at radius 3 is 2.53 bits per heavy atom. The number of carbonyl (C=O) groups excluding carboxylic acids is 2. The van der Waals surface area contributed by atoms with Crippen molar-refractivity contribution in [3.63, 3.8) is 0 Å². The van der Waals surface area contributed by atoms with Gasteiger partial charge in [-0.3, -0.25) is 9.59 Å². The molecule has 2 aromatic rings. The van der Waals surface area contributed by atoms with Crippen molar-refractivity contribution in [2.24, 2.45) is 5.92 Å². The SMILES string of the molecule is O=C1CNc2cc(C(=O)N3CC(COc4ccc(OC(F)(F)F)cc4)C3)c(F)cc2OC1. The standard InChI is InChI=1S/C21H18F4N2O5/c22-17-6-19-18(26-7-13(28)11-31-19)5-16(17)20(29)27-8-12(9-27)10-30-14-1-3-15(4-2-14)32-21(23,24)25/h1-6,12,26H,7-11H2. The van der Waals surface area contributed by atoms with E-state index >= 15 is 0 Å². The van der Waals surface area contributed by atoms with Crippen LogP contribution in [0, 0.1) is 11.7 Å². The lowest BCUT2D eigenvalue weighted by molar-refractivity contribution is -0.274. The topological polar surface area (TPSA) is 77.1 Å². The Kier molecular flexibility index (Phi) is 5.81. The van der Waals surface area contributed by atoms with E-state index in [4.69, 9.17) is 9.47 Å². The molecule has 0 aromatic heterocycles. The maximum atomic E-state index is 14.4. The molecule has 2 aliphatic rings. The molecule has 0 radical (unpaired) electrons. The zero-order valence-electron chi connectivity index (χ0n) is 16.6. The van der Waals surface area contributed by atoms with Gasteiger partial charge in [0.1, 0.15) is 29.7 Å². The fourth-order valence-corrected chi connectivity index (χ4v) is 3.34. The number of benzene rings is 2. The second-order valence-electron chi connectivity index (χ2n) is 7.42. The maximum Gasteiger partial charge on any atom is 0.573 e. The van der Waals surface area contributed by atoms with E-state index in [1.165, 1.54) is 23.1 Å². The molecular formula is C21H18F4N2O5. The highest BCUT2D eigenvalue weighted by atomic mass is 19.4. The highest BCUT2D eigenvalue weighted by Gasteiger charge is 2.34. The monoisotopic (exact) mass is 454 g/mol. The summed E-state index contributed by atoms with van der Waals surface area (Å²) in [6.45, 7) is 0.783. The van der Waals surface area contributed by atoms with Gasteiger partial charge in [-0.2, -0.15) is 0 Å². The van der Waals surface area contributed by atoms with E-state index in [2.05, 4.69) is 10.1 Å². The molecular weight excluding hydrogens is 436 g/mol. The molecule has 2 aliphatic heterocycles. The third-order valence-corrected chi connectivity index (χ3v) is 4.95. The molecule has 1 N–H and O–H groups in total. The maximum absolute atomic E-state index is 14.4. The number of hydrogen-bond acceptors (Lipinski definition) is 6. The van der Waals surface area contributed by atoms with Crippen molar-refractivity contribution < 1.29 is 41.4 Å². The number of rotatable bonds is 5. The van der Waals surface area contributed by atoms with Crippen molar-refractivity contribution in [2.75, 3.05) is 38.2 Å². The summed E-state index contributed by atoms with van der Waals surface area (Å²) in [5.41, 5.74) is 0.243. The van der Waals surface area contributed by atoms with Crippen molar-refractivity contribution in [2.45, 2.75) is 6.36 Å². The Morgan fingerprint density at radius 2 is 1.84 bits per heavy atom. The van der Waals surface area contributed by atoms with Gasteiger partial charge in [-0.25, -0.2) is 4.39 Å². The lowest BCUT2D eigenvalue weighted by Gasteiger charge is -2.39. The van der Waals surface area contributed by atoms with Crippen LogP contribution in [0.15, 0.2) is 36.4 Å². The minimum absolute atomic E-state index is 0.00646. The largest absolute Gasteiger partial charge is 0.573 e. The van der Waals surface area contributed by atoms with Gasteiger partial charge in [-0.05, 0) is 30.3 Å². The van der Waals surface area contributed by atoms with Crippen molar-refractivity contribution in [1.29, 1.82) is 0 Å². The second kappa shape index (κ2) is 8.56. The minimum Gasteiger partial charge on any atom is -0.493 e. The van der Waals surface area contributed by atoms with Gasteiger partial charge >= 0.3 is 6.36 Å². The normalized spacial score (nSPS) is 16.2. The Balaban J connectivity index is 1.29. The van der Waals surface area contributed by atoms with Gasteiger partial charge < -0.3 is 24.4 Å². The van der Waals surface area contributed by atoms with Crippen LogP contribution in [0.3, 0.4) is 0 Å². The molecule has 0 spiro atoms. The third kappa shape index (κ3) is 5.04. The van der Waals surface area contributed by atoms with Gasteiger partial charge in [-0.1, -0.05) is 0 Å². The molecule has 0 bridgehead atoms. The van der Waals surface area contributed by atoms with Crippen LogP contribution in [0.4, 0.5) is 23.2 Å². The number of alkyl halides is 3. The quantitative estimate of drug-likeness (QED) is 0.700. The van der Waals surface area contributed by atoms with E-state index in [1.54, 1.807) is 0 Å². The highest BCUT2D eigenvalue weighted by Crippen LogP contribution is 2.31. The van der Waals surface area contributed by atoms with E-state index in [-0.39, 0.29) is 48.5 Å². The van der Waals surface area contributed by atoms with Crippen LogP contribution in [0.2, 0.25) is 0 Å². The van der Waals surface area contributed by atoms with E-state index in [1.807, 2.05) is 0 Å². The summed E-state index contributed by atoms with van der Waals surface area (Å²) in [7, 11) is 0. The molecule has 1 saturated heterocycles. The summed E-state index contributed by atoms with van der Waals surface area (Å²) in [5.74, 6) is -1.25. The first-order chi connectivity index (χ1) is 15.2. The predicted molar refractivity (Wildman–Crippen MR) is 103 cm³/mol. The van der Waals surface area contributed by atoms with Crippen molar-refractivity contribution in [3.05, 3.63) is 47.8 Å². The number of carbonyl (C=O) groups is 2. The summed E-state index contributed by atoms with van der Waals surface area (Å²) >= 11 is 0. The lowest BCUT2D eigenvalue weighted by atomic mass is 9.99. The van der Waals surface area contributed by atoms with Crippen LogP contribution in [0.1, 0.15) is 10.4 Å². The van der Waals surface area contributed by atoms with Crippen LogP contribution in [-0.4, -0.2) is 55.8 Å². The average Bonchev–Trinajstić information content (AvgIpc) is 2.87. The molecule has 2 heterocycles. The lowest BCUT2D eigenvalue weighted by Crippen LogP contribution is -2.52. The number of Topliss-reactive ketones (excluding diaryl/α,β-unsaturated/α-hetero) is 1. The van der Waals surface area contributed by atoms with Gasteiger partial charge in [0.2, 0.25) is 0 Å². The smallest absolute Gasteiger partial charge is 0.493 e. The van der Waals surface area contributed by atoms with Gasteiger partial charge in [0.05, 0.1) is 24.4 Å². The number of nitrogens with zero attached hydrogens (tertiary/aromatic N) is 1. The van der Waals surface area contributed by atoms with Crippen molar-refractivity contribution in [1.82, 2.24) is 4.90 Å². The van der Waals surface area contributed by atoms with Crippen molar-refractivity contribution >= 4 is 17.4 Å². The van der Waals surface area contributed by atoms with Crippen LogP contribution in [-0.2, 0) is 4.79 Å². The zero-order valence-corrected chi connectivity index (χ0v) is 16.6. The molecule has 0 saturated carbocycles. The molecule has 0 atom stereocenters. The third-order valence-electron chi connectivity index (χ3n) is 4.95. The van der Waals surface area contributed by atoms with E-state index in [0.29, 0.717) is 24.5 Å². The number of likely N-dealkylation sites (tertiary alicyclic amines) is 1. The number of hydrogen-bond donors (Lipinski definition) is 1. The van der Waals surface area contributed by atoms with Gasteiger partial charge in [0.25, 0.3) is 5.91 Å². The number of nitrogens with one attached hydrogen (secondary N) is 1. The van der Waals surface area contributed by atoms with Gasteiger partial charge in [0, 0.05) is 25.1 Å². The summed E-state index contributed by atoms with van der Waals surface area (Å²) in [5, 5.41) is 2.83. The summed E-state index contributed by atoms with van der Waals surface area (Å²) in [6, 6.07) is 7.42. The Hall–Kier alpha value is -3.50. The summed E-state index contributed by atoms with van der Waals surface area (Å²) in [6.07, 6.45) is -4.76. The Morgan fingerprint density at radius 1 is 1.16 bits per heavy atom. The molecule has 0 unspecified atom stereocenters.